The van der Waals surface area contributed by atoms with Gasteiger partial charge in [-0.1, -0.05) is 23.7 Å². The van der Waals surface area contributed by atoms with E-state index in [0.29, 0.717) is 29.5 Å². The molecule has 0 bridgehead atoms. The van der Waals surface area contributed by atoms with Gasteiger partial charge in [0.1, 0.15) is 5.75 Å². The number of anilines is 1. The third-order valence-electron chi connectivity index (χ3n) is 3.47. The van der Waals surface area contributed by atoms with E-state index in [0.717, 1.165) is 0 Å². The lowest BCUT2D eigenvalue weighted by molar-refractivity contribution is -0.119. The molecule has 0 saturated carbocycles. The van der Waals surface area contributed by atoms with E-state index >= 15 is 0 Å². The number of nitrogens with one attached hydrogen (secondary N) is 1. The van der Waals surface area contributed by atoms with Crippen LogP contribution in [0.25, 0.3) is 0 Å². The Bertz CT molecular complexity index is 824. The molecular formula is C19H20ClNO6. The van der Waals surface area contributed by atoms with Crippen LogP contribution >= 0.6 is 11.6 Å². The van der Waals surface area contributed by atoms with E-state index in [1.807, 2.05) is 0 Å². The van der Waals surface area contributed by atoms with Crippen LogP contribution in [0.5, 0.6) is 17.2 Å². The quantitative estimate of drug-likeness (QED) is 0.690. The summed E-state index contributed by atoms with van der Waals surface area (Å²) in [5.74, 6) is -0.0765. The minimum atomic E-state index is -0.714. The van der Waals surface area contributed by atoms with Gasteiger partial charge in [0.15, 0.2) is 18.1 Å². The molecule has 0 saturated heterocycles. The highest BCUT2D eigenvalue weighted by Gasteiger charge is 2.18. The van der Waals surface area contributed by atoms with Crippen LogP contribution in [0.1, 0.15) is 17.3 Å². The van der Waals surface area contributed by atoms with Crippen molar-refractivity contribution in [1.29, 1.82) is 0 Å². The largest absolute Gasteiger partial charge is 0.495 e. The van der Waals surface area contributed by atoms with E-state index < -0.39 is 18.5 Å². The molecule has 1 amide bonds. The molecule has 2 aromatic rings. The lowest BCUT2D eigenvalue weighted by Crippen LogP contribution is -2.21. The standard InChI is InChI=1S/C19H20ClNO6/c1-4-26-18-13(20)9-12(10-16(18)25-3)19(23)27-11-17(22)21-14-7-5-6-8-15(14)24-2/h5-10H,4,11H2,1-3H3,(H,21,22). The molecule has 0 aromatic heterocycles. The molecule has 7 nitrogen and oxygen atoms in total. The van der Waals surface area contributed by atoms with Crippen LogP contribution in [0, 0.1) is 0 Å². The fraction of sp³-hybridized carbons (Fsp3) is 0.263. The van der Waals surface area contributed by atoms with Gasteiger partial charge in [0.2, 0.25) is 0 Å². The summed E-state index contributed by atoms with van der Waals surface area (Å²) in [7, 11) is 2.93. The average molecular weight is 394 g/mol. The van der Waals surface area contributed by atoms with Gasteiger partial charge in [-0.3, -0.25) is 4.79 Å². The van der Waals surface area contributed by atoms with E-state index in [-0.39, 0.29) is 10.6 Å². The molecule has 8 heteroatoms. The summed E-state index contributed by atoms with van der Waals surface area (Å²) in [6, 6.07) is 9.74. The maximum atomic E-state index is 12.2. The van der Waals surface area contributed by atoms with Crippen molar-refractivity contribution in [2.24, 2.45) is 0 Å². The number of hydrogen-bond donors (Lipinski definition) is 1. The van der Waals surface area contributed by atoms with Crippen molar-refractivity contribution in [2.75, 3.05) is 32.8 Å². The van der Waals surface area contributed by atoms with Gasteiger partial charge in [0, 0.05) is 0 Å². The Hall–Kier alpha value is -2.93. The minimum Gasteiger partial charge on any atom is -0.495 e. The van der Waals surface area contributed by atoms with Crippen molar-refractivity contribution in [3.8, 4) is 17.2 Å². The lowest BCUT2D eigenvalue weighted by atomic mass is 10.2. The van der Waals surface area contributed by atoms with Gasteiger partial charge in [-0.05, 0) is 31.2 Å². The van der Waals surface area contributed by atoms with Crippen molar-refractivity contribution >= 4 is 29.2 Å². The van der Waals surface area contributed by atoms with Gasteiger partial charge in [-0.2, -0.15) is 0 Å². The molecule has 0 atom stereocenters. The molecule has 0 spiro atoms. The fourth-order valence-corrected chi connectivity index (χ4v) is 2.54. The van der Waals surface area contributed by atoms with Crippen LogP contribution in [0.3, 0.4) is 0 Å². The molecule has 0 aliphatic carbocycles. The molecule has 2 rings (SSSR count). The number of amides is 1. The number of carbonyl (C=O) groups excluding carboxylic acids is 2. The highest BCUT2D eigenvalue weighted by molar-refractivity contribution is 6.32. The van der Waals surface area contributed by atoms with Crippen LogP contribution < -0.4 is 19.5 Å². The van der Waals surface area contributed by atoms with Crippen molar-refractivity contribution in [3.63, 3.8) is 0 Å². The van der Waals surface area contributed by atoms with Crippen molar-refractivity contribution in [3.05, 3.63) is 47.0 Å². The number of rotatable bonds is 8. The molecule has 0 aliphatic rings. The zero-order chi connectivity index (χ0) is 19.8. The van der Waals surface area contributed by atoms with Gasteiger partial charge >= 0.3 is 5.97 Å². The first-order chi connectivity index (χ1) is 13.0. The van der Waals surface area contributed by atoms with E-state index in [4.69, 9.17) is 30.5 Å². The monoisotopic (exact) mass is 393 g/mol. The molecule has 2 aromatic carbocycles. The highest BCUT2D eigenvalue weighted by atomic mass is 35.5. The van der Waals surface area contributed by atoms with Gasteiger partial charge < -0.3 is 24.3 Å². The molecule has 0 radical (unpaired) electrons. The topological polar surface area (TPSA) is 83.1 Å². The smallest absolute Gasteiger partial charge is 0.338 e. The third kappa shape index (κ3) is 5.27. The summed E-state index contributed by atoms with van der Waals surface area (Å²) in [5.41, 5.74) is 0.622. The van der Waals surface area contributed by atoms with E-state index in [1.54, 1.807) is 31.2 Å². The molecule has 0 heterocycles. The van der Waals surface area contributed by atoms with Gasteiger partial charge in [0.05, 0.1) is 37.1 Å². The fourth-order valence-electron chi connectivity index (χ4n) is 2.27. The third-order valence-corrected chi connectivity index (χ3v) is 3.75. The predicted molar refractivity (Wildman–Crippen MR) is 101 cm³/mol. The number of benzene rings is 2. The van der Waals surface area contributed by atoms with Crippen LogP contribution in [0.15, 0.2) is 36.4 Å². The average Bonchev–Trinajstić information content (AvgIpc) is 2.67. The van der Waals surface area contributed by atoms with Gasteiger partial charge in [0.25, 0.3) is 5.91 Å². The van der Waals surface area contributed by atoms with Crippen LogP contribution in [-0.2, 0) is 9.53 Å². The van der Waals surface area contributed by atoms with Crippen molar-refractivity contribution in [2.45, 2.75) is 6.92 Å². The highest BCUT2D eigenvalue weighted by Crippen LogP contribution is 2.36. The van der Waals surface area contributed by atoms with E-state index in [1.165, 1.54) is 26.4 Å². The van der Waals surface area contributed by atoms with E-state index in [2.05, 4.69) is 5.32 Å². The minimum absolute atomic E-state index is 0.144. The number of esters is 1. The molecule has 144 valence electrons. The Balaban J connectivity index is 2.03. The number of halogens is 1. The molecule has 27 heavy (non-hydrogen) atoms. The predicted octanol–water partition coefficient (Wildman–Crippen LogP) is 3.55. The van der Waals surface area contributed by atoms with Crippen LogP contribution in [0.4, 0.5) is 5.69 Å². The van der Waals surface area contributed by atoms with Crippen molar-refractivity contribution in [1.82, 2.24) is 0 Å². The first-order valence-electron chi connectivity index (χ1n) is 8.10. The second-order valence-electron chi connectivity index (χ2n) is 5.25. The summed E-state index contributed by atoms with van der Waals surface area (Å²) in [6.07, 6.45) is 0. The Morgan fingerprint density at radius 1 is 1.07 bits per heavy atom. The lowest BCUT2D eigenvalue weighted by Gasteiger charge is -2.13. The number of carbonyl (C=O) groups is 2. The Labute approximate surface area is 162 Å². The molecule has 0 unspecified atom stereocenters. The van der Waals surface area contributed by atoms with Gasteiger partial charge in [-0.25, -0.2) is 4.79 Å². The summed E-state index contributed by atoms with van der Waals surface area (Å²) in [6.45, 7) is 1.73. The Kier molecular flexibility index (Phi) is 7.31. The van der Waals surface area contributed by atoms with Gasteiger partial charge in [-0.15, -0.1) is 0 Å². The summed E-state index contributed by atoms with van der Waals surface area (Å²) in [4.78, 5) is 24.3. The molecular weight excluding hydrogens is 374 g/mol. The van der Waals surface area contributed by atoms with Crippen molar-refractivity contribution < 1.29 is 28.5 Å². The number of ether oxygens (including phenoxy) is 4. The van der Waals surface area contributed by atoms with Crippen LogP contribution in [0.2, 0.25) is 5.02 Å². The van der Waals surface area contributed by atoms with E-state index in [9.17, 15) is 9.59 Å². The SMILES string of the molecule is CCOc1c(Cl)cc(C(=O)OCC(=O)Nc2ccccc2OC)cc1OC. The number of methoxy groups -OCH3 is 2. The first kappa shape index (κ1) is 20.4. The number of para-hydroxylation sites is 2. The normalized spacial score (nSPS) is 10.1. The molecule has 0 aliphatic heterocycles. The maximum absolute atomic E-state index is 12.2. The summed E-state index contributed by atoms with van der Waals surface area (Å²) >= 11 is 6.13. The number of hydrogen-bond acceptors (Lipinski definition) is 6. The second-order valence-corrected chi connectivity index (χ2v) is 5.65. The second kappa shape index (κ2) is 9.68. The maximum Gasteiger partial charge on any atom is 0.338 e. The summed E-state index contributed by atoms with van der Waals surface area (Å²) in [5, 5.41) is 2.83. The Morgan fingerprint density at radius 2 is 1.78 bits per heavy atom. The molecule has 0 fully saturated rings. The first-order valence-corrected chi connectivity index (χ1v) is 8.48. The van der Waals surface area contributed by atoms with Crippen LogP contribution in [-0.4, -0.2) is 39.3 Å². The zero-order valence-corrected chi connectivity index (χ0v) is 16.0. The Morgan fingerprint density at radius 3 is 2.44 bits per heavy atom. The molecule has 1 N–H and O–H groups in total. The summed E-state index contributed by atoms with van der Waals surface area (Å²) < 4.78 is 20.8. The zero-order valence-electron chi connectivity index (χ0n) is 15.2.